The number of benzene rings is 2. The lowest BCUT2D eigenvalue weighted by molar-refractivity contribution is -0.0192. The lowest BCUT2D eigenvalue weighted by Crippen LogP contribution is -2.43. The number of sulfone groups is 1. The lowest BCUT2D eigenvalue weighted by Gasteiger charge is -2.24. The van der Waals surface area contributed by atoms with Gasteiger partial charge in [0.1, 0.15) is 16.4 Å². The Kier molecular flexibility index (Phi) is 7.22. The highest BCUT2D eigenvalue weighted by Crippen LogP contribution is 2.30. The first-order valence-electron chi connectivity index (χ1n) is 9.69. The minimum absolute atomic E-state index is 0.0515. The Labute approximate surface area is 182 Å². The van der Waals surface area contributed by atoms with Gasteiger partial charge in [-0.05, 0) is 36.8 Å². The molecule has 1 heterocycles. The van der Waals surface area contributed by atoms with Gasteiger partial charge in [0.15, 0.2) is 11.7 Å². The molecule has 2 atom stereocenters. The standard InChI is InChI=1S/C20H25NO8S2/c1-3-19(22)28-15-10-14(2)11-16(12-15)29-31(25,26)18-7-5-4-6-17(18)30(23,24)20-13-21-8-9-27-20/h4-7,10-12,19-22H,3,8-9,13H2,1-2H3. The summed E-state index contributed by atoms with van der Waals surface area (Å²) >= 11 is 0. The van der Waals surface area contributed by atoms with Crippen molar-refractivity contribution in [3.8, 4) is 11.5 Å². The Hall–Kier alpha value is -2.18. The smallest absolute Gasteiger partial charge is 0.340 e. The van der Waals surface area contributed by atoms with Crippen LogP contribution in [0.2, 0.25) is 0 Å². The molecule has 2 aromatic rings. The first-order chi connectivity index (χ1) is 14.6. The van der Waals surface area contributed by atoms with Crippen LogP contribution in [0.15, 0.2) is 52.3 Å². The summed E-state index contributed by atoms with van der Waals surface area (Å²) in [6, 6.07) is 9.63. The molecule has 0 saturated carbocycles. The normalized spacial score (nSPS) is 18.4. The van der Waals surface area contributed by atoms with Crippen LogP contribution in [0.25, 0.3) is 0 Å². The van der Waals surface area contributed by atoms with Crippen molar-refractivity contribution in [3.05, 3.63) is 48.0 Å². The summed E-state index contributed by atoms with van der Waals surface area (Å²) in [5.41, 5.74) is -0.569. The second-order valence-corrected chi connectivity index (χ2v) is 10.6. The summed E-state index contributed by atoms with van der Waals surface area (Å²) in [4.78, 5) is -0.879. The molecule has 11 heteroatoms. The van der Waals surface area contributed by atoms with Crippen LogP contribution in [0.1, 0.15) is 18.9 Å². The molecule has 0 bridgehead atoms. The molecule has 1 aliphatic rings. The van der Waals surface area contributed by atoms with E-state index in [4.69, 9.17) is 13.7 Å². The largest absolute Gasteiger partial charge is 0.465 e. The van der Waals surface area contributed by atoms with Crippen LogP contribution in [0, 0.1) is 6.92 Å². The average molecular weight is 472 g/mol. The fourth-order valence-corrected chi connectivity index (χ4v) is 6.18. The molecule has 31 heavy (non-hydrogen) atoms. The molecule has 3 rings (SSSR count). The predicted octanol–water partition coefficient (Wildman–Crippen LogP) is 1.59. The SMILES string of the molecule is CCC(O)Oc1cc(C)cc(OS(=O)(=O)c2ccccc2S(=O)(=O)C2CNCCO2)c1. The Morgan fingerprint density at radius 1 is 1.13 bits per heavy atom. The van der Waals surface area contributed by atoms with E-state index < -0.39 is 41.5 Å². The summed E-state index contributed by atoms with van der Waals surface area (Å²) in [5.74, 6) is 0.156. The van der Waals surface area contributed by atoms with E-state index in [-0.39, 0.29) is 24.7 Å². The third kappa shape index (κ3) is 5.55. The molecule has 0 aromatic heterocycles. The Morgan fingerprint density at radius 2 is 1.81 bits per heavy atom. The number of aliphatic hydroxyl groups is 1. The van der Waals surface area contributed by atoms with Gasteiger partial charge in [0.05, 0.1) is 11.5 Å². The fourth-order valence-electron chi connectivity index (χ4n) is 3.02. The van der Waals surface area contributed by atoms with Crippen LogP contribution < -0.4 is 14.2 Å². The zero-order valence-electron chi connectivity index (χ0n) is 17.1. The van der Waals surface area contributed by atoms with Crippen molar-refractivity contribution in [2.75, 3.05) is 19.7 Å². The van der Waals surface area contributed by atoms with Crippen molar-refractivity contribution >= 4 is 20.0 Å². The number of morpholine rings is 1. The van der Waals surface area contributed by atoms with E-state index in [2.05, 4.69) is 5.32 Å². The second-order valence-electron chi connectivity index (χ2n) is 7.00. The molecule has 9 nitrogen and oxygen atoms in total. The topological polar surface area (TPSA) is 128 Å². The van der Waals surface area contributed by atoms with Crippen LogP contribution in [0.5, 0.6) is 11.5 Å². The predicted molar refractivity (Wildman–Crippen MR) is 112 cm³/mol. The Morgan fingerprint density at radius 3 is 2.45 bits per heavy atom. The maximum absolute atomic E-state index is 13.0. The van der Waals surface area contributed by atoms with Gasteiger partial charge in [-0.25, -0.2) is 8.42 Å². The van der Waals surface area contributed by atoms with E-state index >= 15 is 0 Å². The molecule has 0 spiro atoms. The number of hydrogen-bond acceptors (Lipinski definition) is 9. The van der Waals surface area contributed by atoms with E-state index in [9.17, 15) is 21.9 Å². The average Bonchev–Trinajstić information content (AvgIpc) is 2.73. The summed E-state index contributed by atoms with van der Waals surface area (Å²) in [6.45, 7) is 4.20. The minimum atomic E-state index is -4.51. The van der Waals surface area contributed by atoms with Gasteiger partial charge in [-0.1, -0.05) is 19.1 Å². The van der Waals surface area contributed by atoms with Crippen LogP contribution in [-0.4, -0.2) is 53.4 Å². The number of aliphatic hydroxyl groups excluding tert-OH is 1. The van der Waals surface area contributed by atoms with Crippen LogP contribution >= 0.6 is 0 Å². The molecule has 0 amide bonds. The molecule has 1 fully saturated rings. The zero-order chi connectivity index (χ0) is 22.6. The van der Waals surface area contributed by atoms with Gasteiger partial charge in [0.25, 0.3) is 0 Å². The van der Waals surface area contributed by atoms with Crippen LogP contribution in [0.4, 0.5) is 0 Å². The fraction of sp³-hybridized carbons (Fsp3) is 0.400. The van der Waals surface area contributed by atoms with Crippen molar-refractivity contribution < 1.29 is 35.6 Å². The second kappa shape index (κ2) is 9.53. The number of rotatable bonds is 8. The van der Waals surface area contributed by atoms with Crippen molar-refractivity contribution in [3.63, 3.8) is 0 Å². The molecule has 1 aliphatic heterocycles. The van der Waals surface area contributed by atoms with E-state index in [0.717, 1.165) is 0 Å². The number of hydrogen-bond donors (Lipinski definition) is 2. The highest BCUT2D eigenvalue weighted by Gasteiger charge is 2.35. The molecule has 170 valence electrons. The highest BCUT2D eigenvalue weighted by molar-refractivity contribution is 7.93. The molecular formula is C20H25NO8S2. The maximum atomic E-state index is 13.0. The van der Waals surface area contributed by atoms with Gasteiger partial charge in [0, 0.05) is 25.6 Å². The number of aryl methyl sites for hydroxylation is 1. The Balaban J connectivity index is 1.95. The molecule has 2 unspecified atom stereocenters. The van der Waals surface area contributed by atoms with E-state index in [1.165, 1.54) is 36.4 Å². The quantitative estimate of drug-likeness (QED) is 0.436. The number of nitrogens with one attached hydrogen (secondary N) is 1. The van der Waals surface area contributed by atoms with Crippen LogP contribution in [0.3, 0.4) is 0 Å². The summed E-state index contributed by atoms with van der Waals surface area (Å²) in [5, 5.41) is 12.6. The van der Waals surface area contributed by atoms with Gasteiger partial charge in [-0.15, -0.1) is 0 Å². The van der Waals surface area contributed by atoms with Gasteiger partial charge < -0.3 is 24.1 Å². The third-order valence-corrected chi connectivity index (χ3v) is 7.92. The van der Waals surface area contributed by atoms with Gasteiger partial charge >= 0.3 is 10.1 Å². The maximum Gasteiger partial charge on any atom is 0.340 e. The third-order valence-electron chi connectivity index (χ3n) is 4.52. The molecule has 2 aromatic carbocycles. The van der Waals surface area contributed by atoms with E-state index in [0.29, 0.717) is 18.5 Å². The van der Waals surface area contributed by atoms with Gasteiger partial charge in [-0.2, -0.15) is 8.42 Å². The summed E-state index contributed by atoms with van der Waals surface area (Å²) in [7, 11) is -8.61. The van der Waals surface area contributed by atoms with Crippen LogP contribution in [-0.2, 0) is 24.7 Å². The first kappa shape index (κ1) is 23.5. The Bertz CT molecular complexity index is 1130. The van der Waals surface area contributed by atoms with E-state index in [1.807, 2.05) is 0 Å². The summed E-state index contributed by atoms with van der Waals surface area (Å²) in [6.07, 6.45) is -0.715. The van der Waals surface area contributed by atoms with Crippen molar-refractivity contribution in [2.24, 2.45) is 0 Å². The molecule has 0 radical (unpaired) electrons. The highest BCUT2D eigenvalue weighted by atomic mass is 32.2. The zero-order valence-corrected chi connectivity index (χ0v) is 18.8. The monoisotopic (exact) mass is 471 g/mol. The van der Waals surface area contributed by atoms with Gasteiger partial charge in [0.2, 0.25) is 9.84 Å². The van der Waals surface area contributed by atoms with Crippen molar-refractivity contribution in [1.82, 2.24) is 5.32 Å². The molecule has 2 N–H and O–H groups in total. The first-order valence-corrected chi connectivity index (χ1v) is 12.6. The lowest BCUT2D eigenvalue weighted by atomic mass is 10.2. The molecule has 0 aliphatic carbocycles. The number of ether oxygens (including phenoxy) is 2. The van der Waals surface area contributed by atoms with E-state index in [1.54, 1.807) is 19.9 Å². The van der Waals surface area contributed by atoms with Gasteiger partial charge in [-0.3, -0.25) is 0 Å². The molecular weight excluding hydrogens is 446 g/mol. The molecule has 1 saturated heterocycles. The van der Waals surface area contributed by atoms with Crippen molar-refractivity contribution in [2.45, 2.75) is 41.8 Å². The minimum Gasteiger partial charge on any atom is -0.465 e. The van der Waals surface area contributed by atoms with Crippen molar-refractivity contribution in [1.29, 1.82) is 0 Å². The summed E-state index contributed by atoms with van der Waals surface area (Å²) < 4.78 is 68.0.